The summed E-state index contributed by atoms with van der Waals surface area (Å²) in [6.07, 6.45) is 11.2. The van der Waals surface area contributed by atoms with Crippen LogP contribution in [0.2, 0.25) is 0 Å². The molecule has 0 radical (unpaired) electrons. The van der Waals surface area contributed by atoms with Gasteiger partial charge in [0.05, 0.1) is 12.3 Å². The second kappa shape index (κ2) is 7.52. The molecule has 0 spiro atoms. The standard InChI is InChI=1S/C21H21N3O2/c25-21(17-9-12-23-18(15-17)20-6-4-14-26-20)24-13-3-1-2-5-19(24)16-7-10-22-11-8-16/h4,6-12,14-15,19H,1-3,5,13H2. The highest BCUT2D eigenvalue weighted by Gasteiger charge is 2.27. The first-order valence-electron chi connectivity index (χ1n) is 9.04. The molecule has 26 heavy (non-hydrogen) atoms. The highest BCUT2D eigenvalue weighted by Crippen LogP contribution is 2.31. The fourth-order valence-corrected chi connectivity index (χ4v) is 3.57. The van der Waals surface area contributed by atoms with Crippen LogP contribution >= 0.6 is 0 Å². The van der Waals surface area contributed by atoms with Crippen LogP contribution in [0.4, 0.5) is 0 Å². The summed E-state index contributed by atoms with van der Waals surface area (Å²) in [6.45, 7) is 0.768. The molecule has 1 aliphatic heterocycles. The number of furan rings is 1. The van der Waals surface area contributed by atoms with Crippen LogP contribution in [-0.4, -0.2) is 27.3 Å². The first kappa shape index (κ1) is 16.5. The lowest BCUT2D eigenvalue weighted by Crippen LogP contribution is -2.34. The Balaban J connectivity index is 1.66. The first-order chi connectivity index (χ1) is 12.8. The third-order valence-electron chi connectivity index (χ3n) is 4.89. The van der Waals surface area contributed by atoms with Crippen LogP contribution in [0.15, 0.2) is 65.7 Å². The van der Waals surface area contributed by atoms with E-state index < -0.39 is 0 Å². The fourth-order valence-electron chi connectivity index (χ4n) is 3.57. The molecule has 0 N–H and O–H groups in total. The second-order valence-corrected chi connectivity index (χ2v) is 6.55. The van der Waals surface area contributed by atoms with Gasteiger partial charge in [-0.15, -0.1) is 0 Å². The van der Waals surface area contributed by atoms with Crippen molar-refractivity contribution in [2.24, 2.45) is 0 Å². The minimum absolute atomic E-state index is 0.0453. The number of carbonyl (C=O) groups is 1. The monoisotopic (exact) mass is 347 g/mol. The first-order valence-corrected chi connectivity index (χ1v) is 9.04. The predicted molar refractivity (Wildman–Crippen MR) is 98.4 cm³/mol. The largest absolute Gasteiger partial charge is 0.463 e. The molecule has 132 valence electrons. The van der Waals surface area contributed by atoms with Gasteiger partial charge >= 0.3 is 0 Å². The highest BCUT2D eigenvalue weighted by atomic mass is 16.3. The van der Waals surface area contributed by atoms with Crippen molar-refractivity contribution < 1.29 is 9.21 Å². The number of carbonyl (C=O) groups excluding carboxylic acids is 1. The van der Waals surface area contributed by atoms with Gasteiger partial charge in [-0.05, 0) is 54.8 Å². The summed E-state index contributed by atoms with van der Waals surface area (Å²) in [4.78, 5) is 23.8. The lowest BCUT2D eigenvalue weighted by molar-refractivity contribution is 0.0680. The van der Waals surface area contributed by atoms with Gasteiger partial charge in [-0.25, -0.2) is 0 Å². The Bertz CT molecular complexity index is 862. The number of rotatable bonds is 3. The summed E-state index contributed by atoms with van der Waals surface area (Å²) in [7, 11) is 0. The van der Waals surface area contributed by atoms with Gasteiger partial charge in [0.2, 0.25) is 0 Å². The Morgan fingerprint density at radius 2 is 1.96 bits per heavy atom. The Kier molecular flexibility index (Phi) is 4.78. The molecule has 4 rings (SSSR count). The number of aromatic nitrogens is 2. The van der Waals surface area contributed by atoms with Crippen LogP contribution in [-0.2, 0) is 0 Å². The van der Waals surface area contributed by atoms with E-state index >= 15 is 0 Å². The summed E-state index contributed by atoms with van der Waals surface area (Å²) >= 11 is 0. The zero-order valence-electron chi connectivity index (χ0n) is 14.5. The Morgan fingerprint density at radius 1 is 1.08 bits per heavy atom. The molecule has 0 aromatic carbocycles. The predicted octanol–water partition coefficient (Wildman–Crippen LogP) is 4.49. The SMILES string of the molecule is O=C(c1ccnc(-c2ccco2)c1)N1CCCCCC1c1ccncc1. The highest BCUT2D eigenvalue weighted by molar-refractivity contribution is 5.95. The summed E-state index contributed by atoms with van der Waals surface area (Å²) in [5.41, 5.74) is 2.47. The Labute approximate surface area is 152 Å². The van der Waals surface area contributed by atoms with E-state index in [4.69, 9.17) is 4.42 Å². The quantitative estimate of drug-likeness (QED) is 0.700. The number of hydrogen-bond donors (Lipinski definition) is 0. The third-order valence-corrected chi connectivity index (χ3v) is 4.89. The van der Waals surface area contributed by atoms with E-state index in [0.717, 1.165) is 37.8 Å². The van der Waals surface area contributed by atoms with E-state index in [2.05, 4.69) is 9.97 Å². The minimum Gasteiger partial charge on any atom is -0.463 e. The maximum absolute atomic E-state index is 13.3. The third kappa shape index (κ3) is 3.38. The average molecular weight is 347 g/mol. The molecule has 3 aromatic heterocycles. The molecule has 4 heterocycles. The van der Waals surface area contributed by atoms with Crippen LogP contribution in [0.1, 0.15) is 47.6 Å². The number of nitrogens with zero attached hydrogens (tertiary/aromatic N) is 3. The maximum Gasteiger partial charge on any atom is 0.254 e. The number of pyridine rings is 2. The van der Waals surface area contributed by atoms with Crippen molar-refractivity contribution in [2.75, 3.05) is 6.54 Å². The molecule has 0 saturated carbocycles. The van der Waals surface area contributed by atoms with E-state index in [1.807, 2.05) is 35.2 Å². The minimum atomic E-state index is 0.0453. The van der Waals surface area contributed by atoms with Gasteiger partial charge in [-0.1, -0.05) is 12.8 Å². The molecule has 3 aromatic rings. The second-order valence-electron chi connectivity index (χ2n) is 6.55. The van der Waals surface area contributed by atoms with Crippen molar-refractivity contribution in [1.82, 2.24) is 14.9 Å². The molecule has 1 saturated heterocycles. The normalized spacial score (nSPS) is 17.7. The van der Waals surface area contributed by atoms with Gasteiger partial charge in [0, 0.05) is 30.7 Å². The van der Waals surface area contributed by atoms with Crippen LogP contribution in [0.3, 0.4) is 0 Å². The molecule has 5 heteroatoms. The van der Waals surface area contributed by atoms with Gasteiger partial charge in [-0.3, -0.25) is 14.8 Å². The van der Waals surface area contributed by atoms with Crippen LogP contribution in [0, 0.1) is 0 Å². The van der Waals surface area contributed by atoms with Gasteiger partial charge in [-0.2, -0.15) is 0 Å². The van der Waals surface area contributed by atoms with E-state index in [9.17, 15) is 4.79 Å². The van der Waals surface area contributed by atoms with Crippen molar-refractivity contribution in [3.8, 4) is 11.5 Å². The van der Waals surface area contributed by atoms with E-state index in [1.54, 1.807) is 30.9 Å². The summed E-state index contributed by atoms with van der Waals surface area (Å²) in [5.74, 6) is 0.713. The zero-order valence-corrected chi connectivity index (χ0v) is 14.5. The average Bonchev–Trinajstić information content (AvgIpc) is 3.13. The van der Waals surface area contributed by atoms with Gasteiger partial charge in [0.25, 0.3) is 5.91 Å². The van der Waals surface area contributed by atoms with E-state index in [-0.39, 0.29) is 11.9 Å². The van der Waals surface area contributed by atoms with E-state index in [0.29, 0.717) is 17.0 Å². The van der Waals surface area contributed by atoms with Crippen LogP contribution < -0.4 is 0 Å². The summed E-state index contributed by atoms with van der Waals surface area (Å²) in [6, 6.07) is 11.4. The molecule has 1 fully saturated rings. The Morgan fingerprint density at radius 3 is 2.77 bits per heavy atom. The van der Waals surface area contributed by atoms with Crippen molar-refractivity contribution >= 4 is 5.91 Å². The van der Waals surface area contributed by atoms with Crippen LogP contribution in [0.5, 0.6) is 0 Å². The molecule has 1 aliphatic rings. The maximum atomic E-state index is 13.3. The van der Waals surface area contributed by atoms with Gasteiger partial charge < -0.3 is 9.32 Å². The molecule has 0 bridgehead atoms. The van der Waals surface area contributed by atoms with Crippen LogP contribution in [0.25, 0.3) is 11.5 Å². The lowest BCUT2D eigenvalue weighted by Gasteiger charge is -2.30. The fraction of sp³-hybridized carbons (Fsp3) is 0.286. The molecular formula is C21H21N3O2. The molecule has 5 nitrogen and oxygen atoms in total. The molecule has 1 unspecified atom stereocenters. The lowest BCUT2D eigenvalue weighted by atomic mass is 10.0. The molecule has 1 amide bonds. The van der Waals surface area contributed by atoms with Gasteiger partial charge in [0.15, 0.2) is 5.76 Å². The number of hydrogen-bond acceptors (Lipinski definition) is 4. The van der Waals surface area contributed by atoms with Crippen molar-refractivity contribution in [2.45, 2.75) is 31.7 Å². The topological polar surface area (TPSA) is 59.2 Å². The van der Waals surface area contributed by atoms with Crippen molar-refractivity contribution in [3.63, 3.8) is 0 Å². The zero-order chi connectivity index (χ0) is 17.8. The van der Waals surface area contributed by atoms with Gasteiger partial charge in [0.1, 0.15) is 5.69 Å². The number of amides is 1. The Hall–Kier alpha value is -2.95. The van der Waals surface area contributed by atoms with Crippen molar-refractivity contribution in [3.05, 3.63) is 72.4 Å². The molecule has 1 atom stereocenters. The molecular weight excluding hydrogens is 326 g/mol. The smallest absolute Gasteiger partial charge is 0.254 e. The van der Waals surface area contributed by atoms with Crippen molar-refractivity contribution in [1.29, 1.82) is 0 Å². The summed E-state index contributed by atoms with van der Waals surface area (Å²) < 4.78 is 5.42. The number of likely N-dealkylation sites (tertiary alicyclic amines) is 1. The summed E-state index contributed by atoms with van der Waals surface area (Å²) in [5, 5.41) is 0. The van der Waals surface area contributed by atoms with E-state index in [1.165, 1.54) is 0 Å². The molecule has 0 aliphatic carbocycles.